The van der Waals surface area contributed by atoms with Crippen LogP contribution in [-0.4, -0.2) is 69.0 Å². The van der Waals surface area contributed by atoms with E-state index in [1.807, 2.05) is 6.92 Å². The predicted octanol–water partition coefficient (Wildman–Crippen LogP) is 1.70. The smallest absolute Gasteiger partial charge is 0.353 e. The fourth-order valence-electron chi connectivity index (χ4n) is 3.51. The van der Waals surface area contributed by atoms with Crippen molar-refractivity contribution in [3.63, 3.8) is 0 Å². The Morgan fingerprint density at radius 3 is 2.68 bits per heavy atom. The zero-order valence-corrected chi connectivity index (χ0v) is 17.5. The van der Waals surface area contributed by atoms with Gasteiger partial charge in [0, 0.05) is 36.0 Å². The summed E-state index contributed by atoms with van der Waals surface area (Å²) >= 11 is 2.48. The largest absolute Gasteiger partial charge is 0.477 e. The van der Waals surface area contributed by atoms with Gasteiger partial charge in [0.2, 0.25) is 5.91 Å². The molecule has 1 fully saturated rings. The molecule has 2 aliphatic heterocycles. The first-order valence-electron chi connectivity index (χ1n) is 8.64. The van der Waals surface area contributed by atoms with Crippen molar-refractivity contribution in [1.82, 2.24) is 14.8 Å². The lowest BCUT2D eigenvalue weighted by Gasteiger charge is -2.46. The summed E-state index contributed by atoms with van der Waals surface area (Å²) in [6.45, 7) is 3.42. The number of carbonyl (C=O) groups is 3. The van der Waals surface area contributed by atoms with Crippen molar-refractivity contribution in [3.8, 4) is 0 Å². The number of hydrogen-bond donors (Lipinski definition) is 2. The van der Waals surface area contributed by atoms with E-state index >= 15 is 0 Å². The van der Waals surface area contributed by atoms with Crippen molar-refractivity contribution in [2.24, 2.45) is 11.8 Å². The van der Waals surface area contributed by atoms with Crippen molar-refractivity contribution in [2.75, 3.05) is 14.1 Å². The minimum Gasteiger partial charge on any atom is -0.477 e. The molecule has 0 spiro atoms. The number of fused-ring (bicyclic) bond motifs is 1. The monoisotopic (exact) mass is 423 g/mol. The highest BCUT2D eigenvalue weighted by Gasteiger charge is 2.59. The molecule has 150 valence electrons. The highest BCUT2D eigenvalue weighted by Crippen LogP contribution is 2.50. The molecule has 2 N–H and O–H groups in total. The molecular formula is C18H21N3O5S2. The summed E-state index contributed by atoms with van der Waals surface area (Å²) < 4.78 is 0. The average molecular weight is 424 g/mol. The molecular weight excluding hydrogens is 402 g/mol. The van der Waals surface area contributed by atoms with Crippen LogP contribution in [0.5, 0.6) is 0 Å². The fourth-order valence-corrected chi connectivity index (χ4v) is 5.45. The van der Waals surface area contributed by atoms with Gasteiger partial charge in [-0.2, -0.15) is 0 Å². The molecule has 1 aromatic rings. The van der Waals surface area contributed by atoms with Crippen LogP contribution < -0.4 is 0 Å². The molecule has 1 aromatic heterocycles. The summed E-state index contributed by atoms with van der Waals surface area (Å²) in [5.74, 6) is -2.44. The van der Waals surface area contributed by atoms with Crippen LogP contribution in [0.2, 0.25) is 0 Å². The summed E-state index contributed by atoms with van der Waals surface area (Å²) in [5, 5.41) is 21.6. The zero-order chi connectivity index (χ0) is 20.7. The Bertz CT molecular complexity index is 890. The summed E-state index contributed by atoms with van der Waals surface area (Å²) in [6, 6.07) is -0.331. The van der Waals surface area contributed by atoms with E-state index in [2.05, 4.69) is 4.98 Å². The third kappa shape index (κ3) is 3.36. The number of aromatic nitrogens is 1. The van der Waals surface area contributed by atoms with Gasteiger partial charge in [-0.1, -0.05) is 18.7 Å². The molecule has 2 amide bonds. The maximum atomic E-state index is 12.3. The van der Waals surface area contributed by atoms with E-state index in [0.29, 0.717) is 9.91 Å². The molecule has 0 saturated carbocycles. The quantitative estimate of drug-likeness (QED) is 0.670. The van der Waals surface area contributed by atoms with E-state index in [-0.39, 0.29) is 29.5 Å². The van der Waals surface area contributed by atoms with Gasteiger partial charge in [0.15, 0.2) is 5.01 Å². The lowest BCUT2D eigenvalue weighted by molar-refractivity contribution is -0.163. The number of carboxylic acid groups (broad SMARTS) is 1. The van der Waals surface area contributed by atoms with Crippen LogP contribution in [0.25, 0.3) is 6.08 Å². The van der Waals surface area contributed by atoms with Crippen molar-refractivity contribution < 1.29 is 24.6 Å². The van der Waals surface area contributed by atoms with E-state index in [9.17, 15) is 24.6 Å². The van der Waals surface area contributed by atoms with Crippen molar-refractivity contribution in [1.29, 1.82) is 0 Å². The summed E-state index contributed by atoms with van der Waals surface area (Å²) in [5.41, 5.74) is -0.0122. The summed E-state index contributed by atoms with van der Waals surface area (Å²) in [4.78, 5) is 44.2. The third-order valence-corrected chi connectivity index (χ3v) is 6.89. The van der Waals surface area contributed by atoms with E-state index < -0.39 is 18.0 Å². The highest BCUT2D eigenvalue weighted by molar-refractivity contribution is 8.06. The second kappa shape index (κ2) is 7.69. The molecule has 28 heavy (non-hydrogen) atoms. The molecule has 1 saturated heterocycles. The SMILES string of the molecule is C[C@@H](O)[C@H]1C(=O)N2C(C(=O)O)=C(SC=Cc3cnc(C(=O)N(C)C)s3)[C@H](C)[C@H]12. The number of amides is 2. The minimum absolute atomic E-state index is 0.0122. The number of aliphatic carboxylic acids is 1. The van der Waals surface area contributed by atoms with Gasteiger partial charge in [-0.25, -0.2) is 9.78 Å². The number of thioether (sulfide) groups is 1. The molecule has 0 bridgehead atoms. The minimum atomic E-state index is -1.15. The maximum absolute atomic E-state index is 12.3. The third-order valence-electron chi connectivity index (χ3n) is 4.85. The second-order valence-corrected chi connectivity index (χ2v) is 8.97. The van der Waals surface area contributed by atoms with Crippen molar-refractivity contribution in [2.45, 2.75) is 26.0 Å². The van der Waals surface area contributed by atoms with Gasteiger partial charge in [0.1, 0.15) is 5.70 Å². The van der Waals surface area contributed by atoms with Crippen LogP contribution in [0.15, 0.2) is 22.2 Å². The lowest BCUT2D eigenvalue weighted by Crippen LogP contribution is -2.63. The van der Waals surface area contributed by atoms with Gasteiger partial charge in [-0.05, 0) is 18.4 Å². The molecule has 0 unspecified atom stereocenters. The first kappa shape index (κ1) is 20.6. The first-order chi connectivity index (χ1) is 13.1. The number of thiazole rings is 1. The van der Waals surface area contributed by atoms with Gasteiger partial charge < -0.3 is 20.0 Å². The predicted molar refractivity (Wildman–Crippen MR) is 106 cm³/mol. The Balaban J connectivity index is 1.78. The highest BCUT2D eigenvalue weighted by atomic mass is 32.2. The van der Waals surface area contributed by atoms with Crippen LogP contribution in [0, 0.1) is 11.8 Å². The number of aliphatic hydroxyl groups excluding tert-OH is 1. The molecule has 2 aliphatic rings. The van der Waals surface area contributed by atoms with Gasteiger partial charge in [0.05, 0.1) is 18.1 Å². The lowest BCUT2D eigenvalue weighted by atomic mass is 9.79. The number of aliphatic hydroxyl groups is 1. The molecule has 0 aromatic carbocycles. The Hall–Kier alpha value is -2.17. The maximum Gasteiger partial charge on any atom is 0.353 e. The van der Waals surface area contributed by atoms with E-state index in [0.717, 1.165) is 4.88 Å². The standard InChI is InChI=1S/C18H21N3O5S2/c1-8-12-11(9(2)22)16(23)21(12)13(18(25)26)14(8)27-6-5-10-7-19-15(28-10)17(24)20(3)4/h5-9,11-12,22H,1-4H3,(H,25,26)/t8-,9-,11-,12-/m1/s1. The van der Waals surface area contributed by atoms with Crippen LogP contribution in [0.1, 0.15) is 28.5 Å². The average Bonchev–Trinajstić information content (AvgIpc) is 3.16. The first-order valence-corrected chi connectivity index (χ1v) is 10.3. The number of carbonyl (C=O) groups excluding carboxylic acids is 2. The zero-order valence-electron chi connectivity index (χ0n) is 15.8. The topological polar surface area (TPSA) is 111 Å². The second-order valence-electron chi connectivity index (χ2n) is 6.96. The van der Waals surface area contributed by atoms with Crippen molar-refractivity contribution in [3.05, 3.63) is 32.1 Å². The van der Waals surface area contributed by atoms with Gasteiger partial charge in [-0.15, -0.1) is 11.3 Å². The summed E-state index contributed by atoms with van der Waals surface area (Å²) in [6.07, 6.45) is 2.52. The van der Waals surface area contributed by atoms with E-state index in [1.54, 1.807) is 38.7 Å². The van der Waals surface area contributed by atoms with Crippen molar-refractivity contribution >= 4 is 47.0 Å². The number of rotatable bonds is 6. The van der Waals surface area contributed by atoms with Crippen LogP contribution in [0.4, 0.5) is 0 Å². The Morgan fingerprint density at radius 1 is 1.43 bits per heavy atom. The van der Waals surface area contributed by atoms with Gasteiger partial charge in [0.25, 0.3) is 5.91 Å². The molecule has 8 nitrogen and oxygen atoms in total. The Morgan fingerprint density at radius 2 is 2.11 bits per heavy atom. The van der Waals surface area contributed by atoms with Gasteiger partial charge >= 0.3 is 5.97 Å². The molecule has 4 atom stereocenters. The summed E-state index contributed by atoms with van der Waals surface area (Å²) in [7, 11) is 3.31. The molecule has 10 heteroatoms. The molecule has 0 radical (unpaired) electrons. The Labute approximate surface area is 170 Å². The van der Waals surface area contributed by atoms with Crippen LogP contribution in [0.3, 0.4) is 0 Å². The van der Waals surface area contributed by atoms with E-state index in [1.165, 1.54) is 32.9 Å². The van der Waals surface area contributed by atoms with E-state index in [4.69, 9.17) is 0 Å². The normalized spacial score (nSPS) is 25.1. The number of β-lactam (4-membered cyclic amide) rings is 1. The Kier molecular flexibility index (Phi) is 5.64. The molecule has 3 heterocycles. The number of carboxylic acids is 1. The van der Waals surface area contributed by atoms with Crippen LogP contribution in [-0.2, 0) is 9.59 Å². The molecule has 0 aliphatic carbocycles. The fraction of sp³-hybridized carbons (Fsp3) is 0.444. The molecule has 3 rings (SSSR count). The number of hydrogen-bond acceptors (Lipinski definition) is 7. The van der Waals surface area contributed by atoms with Crippen LogP contribution >= 0.6 is 23.1 Å². The number of nitrogens with zero attached hydrogens (tertiary/aromatic N) is 3. The van der Waals surface area contributed by atoms with Gasteiger partial charge in [-0.3, -0.25) is 9.59 Å².